The Morgan fingerprint density at radius 2 is 2.21 bits per heavy atom. The number of rotatable bonds is 6. The van der Waals surface area contributed by atoms with Crippen LogP contribution in [0.2, 0.25) is 5.02 Å². The summed E-state index contributed by atoms with van der Waals surface area (Å²) < 4.78 is 13.6. The van der Waals surface area contributed by atoms with Crippen LogP contribution < -0.4 is 5.73 Å². The summed E-state index contributed by atoms with van der Waals surface area (Å²) in [5.74, 6) is -0.595. The first kappa shape index (κ1) is 15.9. The lowest BCUT2D eigenvalue weighted by Gasteiger charge is -2.22. The fourth-order valence-electron chi connectivity index (χ4n) is 1.83. The van der Waals surface area contributed by atoms with Crippen LogP contribution in [0.25, 0.3) is 0 Å². The Hall–Kier alpha value is -1.13. The summed E-state index contributed by atoms with van der Waals surface area (Å²) >= 11 is 5.93. The Morgan fingerprint density at radius 1 is 1.53 bits per heavy atom. The average Bonchev–Trinajstić information content (AvgIpc) is 2.39. The molecule has 0 aliphatic heterocycles. The van der Waals surface area contributed by atoms with E-state index in [1.165, 1.54) is 17.0 Å². The van der Waals surface area contributed by atoms with E-state index in [-0.39, 0.29) is 12.5 Å². The Labute approximate surface area is 118 Å². The molecular weight excluding hydrogens is 267 g/mol. The second-order valence-corrected chi connectivity index (χ2v) is 5.05. The summed E-state index contributed by atoms with van der Waals surface area (Å²) in [6.07, 6.45) is 2.54. The number of nitrogens with zero attached hydrogens (tertiary/aromatic N) is 1. The molecule has 1 unspecified atom stereocenters. The number of nitrogens with two attached hydrogens (primary N) is 1. The highest BCUT2D eigenvalue weighted by Gasteiger charge is 2.19. The third-order valence-electron chi connectivity index (χ3n) is 3.02. The van der Waals surface area contributed by atoms with Crippen molar-refractivity contribution in [2.24, 2.45) is 5.73 Å². The average molecular weight is 287 g/mol. The van der Waals surface area contributed by atoms with Gasteiger partial charge in [0.2, 0.25) is 5.91 Å². The van der Waals surface area contributed by atoms with Crippen LogP contribution in [0.3, 0.4) is 0 Å². The number of benzene rings is 1. The van der Waals surface area contributed by atoms with Crippen LogP contribution >= 0.6 is 11.6 Å². The Morgan fingerprint density at radius 3 is 2.79 bits per heavy atom. The van der Waals surface area contributed by atoms with E-state index in [9.17, 15) is 9.18 Å². The molecule has 0 heterocycles. The van der Waals surface area contributed by atoms with Crippen LogP contribution in [0.15, 0.2) is 18.2 Å². The van der Waals surface area contributed by atoms with Crippen LogP contribution in [0.5, 0.6) is 0 Å². The van der Waals surface area contributed by atoms with Gasteiger partial charge in [0.25, 0.3) is 0 Å². The molecule has 1 aromatic carbocycles. The molecule has 5 heteroatoms. The van der Waals surface area contributed by atoms with Gasteiger partial charge in [0.1, 0.15) is 5.82 Å². The van der Waals surface area contributed by atoms with Gasteiger partial charge in [-0.15, -0.1) is 0 Å². The molecule has 3 nitrogen and oxygen atoms in total. The molecule has 0 saturated heterocycles. The molecule has 1 amide bonds. The number of carbonyl (C=O) groups is 1. The number of halogens is 2. The number of hydrogen-bond donors (Lipinski definition) is 1. The third kappa shape index (κ3) is 4.48. The molecule has 0 radical (unpaired) electrons. The molecule has 0 bridgehead atoms. The minimum absolute atomic E-state index is 0.129. The lowest BCUT2D eigenvalue weighted by molar-refractivity contribution is -0.132. The molecule has 2 N–H and O–H groups in total. The Bertz CT molecular complexity index is 419. The molecule has 0 aliphatic rings. The van der Waals surface area contributed by atoms with Gasteiger partial charge in [0.15, 0.2) is 0 Å². The highest BCUT2D eigenvalue weighted by Crippen LogP contribution is 2.20. The predicted octanol–water partition coefficient (Wildman–Crippen LogP) is 2.96. The number of amides is 1. The fraction of sp³-hybridized carbons (Fsp3) is 0.500. The first-order chi connectivity index (χ1) is 8.97. The van der Waals surface area contributed by atoms with E-state index >= 15 is 0 Å². The fourth-order valence-corrected chi connectivity index (χ4v) is 2.05. The number of carbonyl (C=O) groups excluding carboxylic acids is 1. The van der Waals surface area contributed by atoms with E-state index in [2.05, 4.69) is 0 Å². The molecule has 0 aromatic heterocycles. The summed E-state index contributed by atoms with van der Waals surface area (Å²) in [4.78, 5) is 13.4. The smallest absolute Gasteiger partial charge is 0.239 e. The lowest BCUT2D eigenvalue weighted by atomic mass is 10.1. The second-order valence-electron chi connectivity index (χ2n) is 4.64. The summed E-state index contributed by atoms with van der Waals surface area (Å²) in [6, 6.07) is 3.94. The molecule has 0 saturated carbocycles. The van der Waals surface area contributed by atoms with E-state index in [1.807, 2.05) is 6.92 Å². The van der Waals surface area contributed by atoms with E-state index in [0.717, 1.165) is 12.8 Å². The summed E-state index contributed by atoms with van der Waals surface area (Å²) in [5, 5.41) is 0.321. The number of unbranched alkanes of at least 4 members (excludes halogenated alkanes) is 1. The third-order valence-corrected chi connectivity index (χ3v) is 3.37. The van der Waals surface area contributed by atoms with Crippen molar-refractivity contribution in [3.05, 3.63) is 34.6 Å². The minimum atomic E-state index is -0.532. The van der Waals surface area contributed by atoms with Crippen molar-refractivity contribution in [3.63, 3.8) is 0 Å². The van der Waals surface area contributed by atoms with E-state index in [0.29, 0.717) is 17.0 Å². The van der Waals surface area contributed by atoms with Gasteiger partial charge < -0.3 is 10.6 Å². The van der Waals surface area contributed by atoms with Gasteiger partial charge in [0.05, 0.1) is 6.04 Å². The van der Waals surface area contributed by atoms with Crippen molar-refractivity contribution in [3.8, 4) is 0 Å². The van der Waals surface area contributed by atoms with Gasteiger partial charge in [-0.2, -0.15) is 0 Å². The van der Waals surface area contributed by atoms with Crippen molar-refractivity contribution in [1.29, 1.82) is 0 Å². The maximum atomic E-state index is 13.6. The normalized spacial score (nSPS) is 12.3. The van der Waals surface area contributed by atoms with E-state index in [4.69, 9.17) is 17.3 Å². The molecule has 106 valence electrons. The SMILES string of the molecule is CCCCC(N)C(=O)N(C)Cc1c(F)cccc1Cl. The Kier molecular flexibility index (Phi) is 6.25. The maximum Gasteiger partial charge on any atom is 0.239 e. The zero-order valence-electron chi connectivity index (χ0n) is 11.3. The van der Waals surface area contributed by atoms with Crippen molar-refractivity contribution < 1.29 is 9.18 Å². The molecule has 0 aliphatic carbocycles. The largest absolute Gasteiger partial charge is 0.340 e. The zero-order chi connectivity index (χ0) is 14.4. The van der Waals surface area contributed by atoms with Gasteiger partial charge in [0, 0.05) is 24.2 Å². The number of likely N-dealkylation sites (N-methyl/N-ethyl adjacent to an activating group) is 1. The highest BCUT2D eigenvalue weighted by molar-refractivity contribution is 6.31. The highest BCUT2D eigenvalue weighted by atomic mass is 35.5. The standard InChI is InChI=1S/C14H20ClFN2O/c1-3-4-8-13(17)14(19)18(2)9-10-11(15)6-5-7-12(10)16/h5-7,13H,3-4,8-9,17H2,1-2H3. The van der Waals surface area contributed by atoms with Crippen molar-refractivity contribution in [2.75, 3.05) is 7.05 Å². The molecular formula is C14H20ClFN2O. The Balaban J connectivity index is 2.68. The first-order valence-corrected chi connectivity index (χ1v) is 6.78. The van der Waals surface area contributed by atoms with Gasteiger partial charge in [-0.1, -0.05) is 37.4 Å². The van der Waals surface area contributed by atoms with Crippen LogP contribution in [0, 0.1) is 5.82 Å². The maximum absolute atomic E-state index is 13.6. The second kappa shape index (κ2) is 7.46. The minimum Gasteiger partial charge on any atom is -0.340 e. The monoisotopic (exact) mass is 286 g/mol. The predicted molar refractivity (Wildman–Crippen MR) is 75.4 cm³/mol. The molecule has 0 spiro atoms. The van der Waals surface area contributed by atoms with Gasteiger partial charge in [-0.3, -0.25) is 4.79 Å². The van der Waals surface area contributed by atoms with E-state index in [1.54, 1.807) is 13.1 Å². The molecule has 0 fully saturated rings. The van der Waals surface area contributed by atoms with Crippen LogP contribution in [0.4, 0.5) is 4.39 Å². The molecule has 1 rings (SSSR count). The summed E-state index contributed by atoms with van der Waals surface area (Å²) in [5.41, 5.74) is 6.14. The molecule has 1 atom stereocenters. The van der Waals surface area contributed by atoms with Gasteiger partial charge >= 0.3 is 0 Å². The van der Waals surface area contributed by atoms with E-state index < -0.39 is 11.9 Å². The van der Waals surface area contributed by atoms with Crippen molar-refractivity contribution >= 4 is 17.5 Å². The van der Waals surface area contributed by atoms with Crippen molar-refractivity contribution in [1.82, 2.24) is 4.90 Å². The topological polar surface area (TPSA) is 46.3 Å². The lowest BCUT2D eigenvalue weighted by Crippen LogP contribution is -2.41. The number of hydrogen-bond acceptors (Lipinski definition) is 2. The summed E-state index contributed by atoms with van der Waals surface area (Å²) in [7, 11) is 1.61. The van der Waals surface area contributed by atoms with Gasteiger partial charge in [-0.05, 0) is 18.6 Å². The van der Waals surface area contributed by atoms with Crippen molar-refractivity contribution in [2.45, 2.75) is 38.8 Å². The zero-order valence-corrected chi connectivity index (χ0v) is 12.1. The van der Waals surface area contributed by atoms with Crippen LogP contribution in [-0.2, 0) is 11.3 Å². The first-order valence-electron chi connectivity index (χ1n) is 6.40. The molecule has 19 heavy (non-hydrogen) atoms. The summed E-state index contributed by atoms with van der Waals surface area (Å²) in [6.45, 7) is 2.17. The quantitative estimate of drug-likeness (QED) is 0.874. The molecule has 1 aromatic rings. The van der Waals surface area contributed by atoms with Crippen LogP contribution in [0.1, 0.15) is 31.7 Å². The van der Waals surface area contributed by atoms with Gasteiger partial charge in [-0.25, -0.2) is 4.39 Å². The van der Waals surface area contributed by atoms with Crippen LogP contribution in [-0.4, -0.2) is 23.9 Å².